The monoisotopic (exact) mass is 393 g/mol. The van der Waals surface area contributed by atoms with E-state index in [1.807, 2.05) is 0 Å². The third-order valence-electron chi connectivity index (χ3n) is 5.05. The molecule has 5 heteroatoms. The number of hydrogen-bond donors (Lipinski definition) is 2. The molecule has 2 aliphatic rings. The average molecular weight is 394 g/mol. The molecule has 0 spiro atoms. The van der Waals surface area contributed by atoms with Crippen molar-refractivity contribution in [3.8, 4) is 0 Å². The standard InChI is InChI=1S/C19H28BrN3O/c1-2-21-18(22-13-15-3-4-15)23-14-19(9-11-24-12-10-19)16-5-7-17(20)8-6-16/h5-8,15H,2-4,9-14H2,1H3,(H2,21,22,23). The van der Waals surface area contributed by atoms with Crippen LogP contribution < -0.4 is 10.6 Å². The van der Waals surface area contributed by atoms with Gasteiger partial charge in [-0.15, -0.1) is 0 Å². The lowest BCUT2D eigenvalue weighted by Gasteiger charge is -2.36. The molecule has 1 aliphatic carbocycles. The van der Waals surface area contributed by atoms with Crippen molar-refractivity contribution in [3.63, 3.8) is 0 Å². The van der Waals surface area contributed by atoms with E-state index in [1.54, 1.807) is 0 Å². The molecule has 0 aromatic heterocycles. The number of benzene rings is 1. The molecule has 0 unspecified atom stereocenters. The number of rotatable bonds is 6. The van der Waals surface area contributed by atoms with Crippen molar-refractivity contribution in [2.75, 3.05) is 32.8 Å². The smallest absolute Gasteiger partial charge is 0.191 e. The van der Waals surface area contributed by atoms with E-state index in [2.05, 4.69) is 57.8 Å². The largest absolute Gasteiger partial charge is 0.381 e. The SMILES string of the molecule is CCNC(=NCC1(c2ccc(Br)cc2)CCOCC1)NCC1CC1. The lowest BCUT2D eigenvalue weighted by Crippen LogP contribution is -2.41. The van der Waals surface area contributed by atoms with Crippen LogP contribution >= 0.6 is 15.9 Å². The highest BCUT2D eigenvalue weighted by molar-refractivity contribution is 9.10. The molecule has 132 valence electrons. The van der Waals surface area contributed by atoms with Crippen molar-refractivity contribution in [3.05, 3.63) is 34.3 Å². The van der Waals surface area contributed by atoms with Gasteiger partial charge in [0.2, 0.25) is 0 Å². The van der Waals surface area contributed by atoms with Crippen molar-refractivity contribution < 1.29 is 4.74 Å². The second-order valence-electron chi connectivity index (χ2n) is 6.92. The average Bonchev–Trinajstić information content (AvgIpc) is 3.43. The summed E-state index contributed by atoms with van der Waals surface area (Å²) in [5.74, 6) is 1.80. The lowest BCUT2D eigenvalue weighted by atomic mass is 9.74. The summed E-state index contributed by atoms with van der Waals surface area (Å²) in [6, 6.07) is 8.73. The molecular formula is C19H28BrN3O. The highest BCUT2D eigenvalue weighted by Gasteiger charge is 2.34. The maximum atomic E-state index is 5.62. The number of ether oxygens (including phenoxy) is 1. The number of nitrogens with zero attached hydrogens (tertiary/aromatic N) is 1. The Bertz CT molecular complexity index is 548. The van der Waals surface area contributed by atoms with Crippen LogP contribution in [0.3, 0.4) is 0 Å². The third-order valence-corrected chi connectivity index (χ3v) is 5.57. The molecule has 1 heterocycles. The Morgan fingerprint density at radius 2 is 1.92 bits per heavy atom. The lowest BCUT2D eigenvalue weighted by molar-refractivity contribution is 0.0531. The first-order valence-electron chi connectivity index (χ1n) is 9.08. The fourth-order valence-corrected chi connectivity index (χ4v) is 3.50. The molecule has 1 aliphatic heterocycles. The summed E-state index contributed by atoms with van der Waals surface area (Å²) in [5.41, 5.74) is 1.46. The Hall–Kier alpha value is -1.07. The fraction of sp³-hybridized carbons (Fsp3) is 0.632. The molecule has 0 bridgehead atoms. The van der Waals surface area contributed by atoms with Crippen LogP contribution in [0.4, 0.5) is 0 Å². The Morgan fingerprint density at radius 3 is 2.54 bits per heavy atom. The quantitative estimate of drug-likeness (QED) is 0.574. The Labute approximate surface area is 153 Å². The number of hydrogen-bond acceptors (Lipinski definition) is 2. The molecule has 3 rings (SSSR count). The van der Waals surface area contributed by atoms with Gasteiger partial charge in [-0.3, -0.25) is 4.99 Å². The highest BCUT2D eigenvalue weighted by Crippen LogP contribution is 2.36. The van der Waals surface area contributed by atoms with E-state index in [1.165, 1.54) is 18.4 Å². The normalized spacial score (nSPS) is 20.7. The molecule has 4 nitrogen and oxygen atoms in total. The van der Waals surface area contributed by atoms with Crippen LogP contribution in [0.5, 0.6) is 0 Å². The summed E-state index contributed by atoms with van der Waals surface area (Å²) in [6.45, 7) is 6.49. The van der Waals surface area contributed by atoms with Gasteiger partial charge >= 0.3 is 0 Å². The molecule has 24 heavy (non-hydrogen) atoms. The number of aliphatic imine (C=N–C) groups is 1. The van der Waals surface area contributed by atoms with Crippen molar-refractivity contribution in [2.24, 2.45) is 10.9 Å². The summed E-state index contributed by atoms with van der Waals surface area (Å²) in [6.07, 6.45) is 4.76. The van der Waals surface area contributed by atoms with E-state index in [0.29, 0.717) is 0 Å². The van der Waals surface area contributed by atoms with Crippen molar-refractivity contribution in [1.29, 1.82) is 0 Å². The van der Waals surface area contributed by atoms with Gasteiger partial charge in [0.05, 0.1) is 6.54 Å². The number of guanidine groups is 1. The molecule has 0 atom stereocenters. The molecule has 2 N–H and O–H groups in total. The maximum Gasteiger partial charge on any atom is 0.191 e. The van der Waals surface area contributed by atoms with Crippen molar-refractivity contribution >= 4 is 21.9 Å². The highest BCUT2D eigenvalue weighted by atomic mass is 79.9. The molecule has 0 radical (unpaired) electrons. The van der Waals surface area contributed by atoms with E-state index in [-0.39, 0.29) is 5.41 Å². The van der Waals surface area contributed by atoms with Gasteiger partial charge in [-0.25, -0.2) is 0 Å². The molecule has 0 amide bonds. The Morgan fingerprint density at radius 1 is 1.21 bits per heavy atom. The zero-order valence-electron chi connectivity index (χ0n) is 14.5. The summed E-state index contributed by atoms with van der Waals surface area (Å²) in [7, 11) is 0. The van der Waals surface area contributed by atoms with Gasteiger partial charge in [0.15, 0.2) is 5.96 Å². The fourth-order valence-electron chi connectivity index (χ4n) is 3.24. The summed E-state index contributed by atoms with van der Waals surface area (Å²) < 4.78 is 6.74. The third kappa shape index (κ3) is 4.73. The summed E-state index contributed by atoms with van der Waals surface area (Å²) in [4.78, 5) is 4.94. The van der Waals surface area contributed by atoms with Gasteiger partial charge < -0.3 is 15.4 Å². The summed E-state index contributed by atoms with van der Waals surface area (Å²) in [5, 5.41) is 6.88. The zero-order valence-corrected chi connectivity index (χ0v) is 16.1. The topological polar surface area (TPSA) is 45.7 Å². The van der Waals surface area contributed by atoms with Gasteiger partial charge in [-0.1, -0.05) is 28.1 Å². The first kappa shape index (κ1) is 17.7. The molecular weight excluding hydrogens is 366 g/mol. The van der Waals surface area contributed by atoms with Gasteiger partial charge in [0.25, 0.3) is 0 Å². The first-order chi connectivity index (χ1) is 11.7. The Balaban J connectivity index is 1.74. The van der Waals surface area contributed by atoms with E-state index in [0.717, 1.165) is 62.0 Å². The van der Waals surface area contributed by atoms with Crippen LogP contribution in [0, 0.1) is 5.92 Å². The van der Waals surface area contributed by atoms with Crippen molar-refractivity contribution in [1.82, 2.24) is 10.6 Å². The van der Waals surface area contributed by atoms with Gasteiger partial charge in [-0.05, 0) is 56.2 Å². The molecule has 2 fully saturated rings. The zero-order chi connectivity index (χ0) is 16.8. The van der Waals surface area contributed by atoms with Gasteiger partial charge in [0, 0.05) is 36.2 Å². The number of halogens is 1. The minimum Gasteiger partial charge on any atom is -0.381 e. The maximum absolute atomic E-state index is 5.62. The van der Waals surface area contributed by atoms with Crippen LogP contribution in [0.2, 0.25) is 0 Å². The summed E-state index contributed by atoms with van der Waals surface area (Å²) >= 11 is 3.54. The molecule has 1 saturated heterocycles. The van der Waals surface area contributed by atoms with E-state index >= 15 is 0 Å². The Kier molecular flexibility index (Phi) is 6.17. The molecule has 1 saturated carbocycles. The first-order valence-corrected chi connectivity index (χ1v) is 9.87. The number of nitrogens with one attached hydrogen (secondary N) is 2. The van der Waals surface area contributed by atoms with Crippen LogP contribution in [0.1, 0.15) is 38.2 Å². The van der Waals surface area contributed by atoms with Crippen LogP contribution in [-0.2, 0) is 10.2 Å². The molecule has 1 aromatic carbocycles. The van der Waals surface area contributed by atoms with Crippen LogP contribution in [0.25, 0.3) is 0 Å². The molecule has 1 aromatic rings. The van der Waals surface area contributed by atoms with E-state index in [9.17, 15) is 0 Å². The second kappa shape index (κ2) is 8.34. The van der Waals surface area contributed by atoms with Crippen LogP contribution in [0.15, 0.2) is 33.7 Å². The second-order valence-corrected chi connectivity index (χ2v) is 7.83. The predicted molar refractivity (Wildman–Crippen MR) is 103 cm³/mol. The van der Waals surface area contributed by atoms with Gasteiger partial charge in [0.1, 0.15) is 0 Å². The minimum atomic E-state index is 0.0842. The van der Waals surface area contributed by atoms with Crippen molar-refractivity contribution in [2.45, 2.75) is 38.0 Å². The predicted octanol–water partition coefficient (Wildman–Crippen LogP) is 3.46. The van der Waals surface area contributed by atoms with Gasteiger partial charge in [-0.2, -0.15) is 0 Å². The van der Waals surface area contributed by atoms with E-state index < -0.39 is 0 Å². The minimum absolute atomic E-state index is 0.0842. The van der Waals surface area contributed by atoms with E-state index in [4.69, 9.17) is 9.73 Å². The van der Waals surface area contributed by atoms with Crippen LogP contribution in [-0.4, -0.2) is 38.8 Å².